The van der Waals surface area contributed by atoms with Crippen molar-refractivity contribution in [2.24, 2.45) is 11.8 Å². The number of fused-ring (bicyclic) bond motifs is 2. The van der Waals surface area contributed by atoms with Crippen molar-refractivity contribution in [3.8, 4) is 11.5 Å². The van der Waals surface area contributed by atoms with Gasteiger partial charge in [0.1, 0.15) is 13.2 Å². The second-order valence-electron chi connectivity index (χ2n) is 10.0. The quantitative estimate of drug-likeness (QED) is 0.609. The molecule has 8 nitrogen and oxygen atoms in total. The predicted molar refractivity (Wildman–Crippen MR) is 128 cm³/mol. The van der Waals surface area contributed by atoms with Gasteiger partial charge in [0.15, 0.2) is 11.5 Å². The number of piperidine rings is 2. The Morgan fingerprint density at radius 1 is 1.12 bits per heavy atom. The summed E-state index contributed by atoms with van der Waals surface area (Å²) < 4.78 is 16.6. The highest BCUT2D eigenvalue weighted by atomic mass is 16.6. The summed E-state index contributed by atoms with van der Waals surface area (Å²) in [6.07, 6.45) is 6.42. The number of nitrogens with zero attached hydrogens (tertiary/aromatic N) is 3. The van der Waals surface area contributed by atoms with Gasteiger partial charge < -0.3 is 28.9 Å². The maximum atomic E-state index is 13.7. The summed E-state index contributed by atoms with van der Waals surface area (Å²) in [5.74, 6) is 1.59. The van der Waals surface area contributed by atoms with Crippen molar-refractivity contribution in [1.29, 1.82) is 0 Å². The van der Waals surface area contributed by atoms with E-state index in [0.717, 1.165) is 12.2 Å². The molecular formula is C26H37N3O5. The molecule has 0 aromatic heterocycles. The van der Waals surface area contributed by atoms with Crippen molar-refractivity contribution < 1.29 is 23.8 Å². The number of carbonyl (C=O) groups is 2. The molecule has 5 rings (SSSR count). The molecule has 3 fully saturated rings. The molecule has 4 heterocycles. The monoisotopic (exact) mass is 471 g/mol. The third-order valence-corrected chi connectivity index (χ3v) is 7.87. The lowest BCUT2D eigenvalue weighted by Crippen LogP contribution is -2.52. The fourth-order valence-electron chi connectivity index (χ4n) is 6.15. The Morgan fingerprint density at radius 3 is 2.79 bits per heavy atom. The lowest BCUT2D eigenvalue weighted by atomic mass is 9.83. The van der Waals surface area contributed by atoms with E-state index in [1.807, 2.05) is 23.1 Å². The van der Waals surface area contributed by atoms with Gasteiger partial charge in [0.25, 0.3) is 0 Å². The highest BCUT2D eigenvalue weighted by molar-refractivity contribution is 6.00. The van der Waals surface area contributed by atoms with Gasteiger partial charge in [-0.15, -0.1) is 0 Å². The molecule has 1 aromatic rings. The smallest absolute Gasteiger partial charge is 0.228 e. The molecule has 4 aliphatic rings. The van der Waals surface area contributed by atoms with Gasteiger partial charge in [0, 0.05) is 51.0 Å². The van der Waals surface area contributed by atoms with Gasteiger partial charge in [0.05, 0.1) is 12.5 Å². The second kappa shape index (κ2) is 10.5. The van der Waals surface area contributed by atoms with Gasteiger partial charge in [-0.1, -0.05) is 6.42 Å². The molecule has 3 saturated heterocycles. The predicted octanol–water partition coefficient (Wildman–Crippen LogP) is 2.55. The van der Waals surface area contributed by atoms with Crippen LogP contribution < -0.4 is 14.4 Å². The van der Waals surface area contributed by atoms with E-state index in [0.29, 0.717) is 56.4 Å². The van der Waals surface area contributed by atoms with E-state index < -0.39 is 0 Å². The summed E-state index contributed by atoms with van der Waals surface area (Å²) >= 11 is 0. The average Bonchev–Trinajstić information content (AvgIpc) is 3.27. The molecule has 0 N–H and O–H groups in total. The van der Waals surface area contributed by atoms with Crippen molar-refractivity contribution in [3.63, 3.8) is 0 Å². The van der Waals surface area contributed by atoms with Crippen LogP contribution >= 0.6 is 0 Å². The van der Waals surface area contributed by atoms with E-state index in [2.05, 4.69) is 4.90 Å². The molecule has 0 spiro atoms. The van der Waals surface area contributed by atoms with E-state index in [-0.39, 0.29) is 24.2 Å². The Morgan fingerprint density at radius 2 is 1.94 bits per heavy atom. The molecule has 0 bridgehead atoms. The maximum absolute atomic E-state index is 13.7. The van der Waals surface area contributed by atoms with Crippen LogP contribution in [0.5, 0.6) is 11.5 Å². The molecule has 2 amide bonds. The van der Waals surface area contributed by atoms with Crippen LogP contribution in [0.4, 0.5) is 5.69 Å². The Bertz CT molecular complexity index is 891. The second-order valence-corrected chi connectivity index (χ2v) is 10.0. The van der Waals surface area contributed by atoms with Gasteiger partial charge in [-0.25, -0.2) is 0 Å². The van der Waals surface area contributed by atoms with E-state index in [1.54, 1.807) is 12.0 Å². The van der Waals surface area contributed by atoms with E-state index in [9.17, 15) is 9.59 Å². The topological polar surface area (TPSA) is 71.6 Å². The third kappa shape index (κ3) is 4.89. The fourth-order valence-corrected chi connectivity index (χ4v) is 6.15. The van der Waals surface area contributed by atoms with Crippen molar-refractivity contribution in [3.05, 3.63) is 18.2 Å². The average molecular weight is 472 g/mol. The van der Waals surface area contributed by atoms with Crippen LogP contribution in [-0.2, 0) is 14.3 Å². The number of methoxy groups -OCH3 is 1. The summed E-state index contributed by atoms with van der Waals surface area (Å²) in [6.45, 7) is 5.66. The van der Waals surface area contributed by atoms with E-state index >= 15 is 0 Å². The van der Waals surface area contributed by atoms with E-state index in [1.165, 1.54) is 45.2 Å². The number of amides is 2. The van der Waals surface area contributed by atoms with Crippen LogP contribution in [0.1, 0.15) is 38.5 Å². The Hall–Kier alpha value is -2.32. The van der Waals surface area contributed by atoms with Gasteiger partial charge in [-0.2, -0.15) is 0 Å². The standard InChI is InChI=1S/C26H37N3O5/c1-32-12-11-28(17-19-5-4-10-27-9-3-2-6-22(19)27)26(31)20-15-25(30)29(18-20)21-7-8-23-24(16-21)34-14-13-33-23/h7-8,16,19-20,22H,2-6,9-15,17-18H2,1H3/t19-,20-,22+/m0/s1. The lowest BCUT2D eigenvalue weighted by molar-refractivity contribution is -0.137. The van der Waals surface area contributed by atoms with Gasteiger partial charge >= 0.3 is 0 Å². The highest BCUT2D eigenvalue weighted by Gasteiger charge is 2.40. The number of anilines is 1. The zero-order valence-corrected chi connectivity index (χ0v) is 20.2. The molecule has 4 aliphatic heterocycles. The van der Waals surface area contributed by atoms with Crippen LogP contribution in [0.2, 0.25) is 0 Å². The zero-order chi connectivity index (χ0) is 23.5. The summed E-state index contributed by atoms with van der Waals surface area (Å²) in [5, 5.41) is 0. The van der Waals surface area contributed by atoms with Crippen LogP contribution in [0.25, 0.3) is 0 Å². The Labute approximate surface area is 202 Å². The van der Waals surface area contributed by atoms with E-state index in [4.69, 9.17) is 14.2 Å². The first-order valence-electron chi connectivity index (χ1n) is 12.9. The third-order valence-electron chi connectivity index (χ3n) is 7.87. The summed E-state index contributed by atoms with van der Waals surface area (Å²) in [6, 6.07) is 6.15. The first kappa shape index (κ1) is 23.4. The molecule has 3 atom stereocenters. The fraction of sp³-hybridized carbons (Fsp3) is 0.692. The number of hydrogen-bond donors (Lipinski definition) is 0. The van der Waals surface area contributed by atoms with Crippen molar-refractivity contribution >= 4 is 17.5 Å². The van der Waals surface area contributed by atoms with Crippen LogP contribution in [0.15, 0.2) is 18.2 Å². The molecule has 186 valence electrons. The van der Waals surface area contributed by atoms with Crippen molar-refractivity contribution in [2.45, 2.75) is 44.6 Å². The number of ether oxygens (including phenoxy) is 3. The molecule has 8 heteroatoms. The minimum atomic E-state index is -0.330. The largest absolute Gasteiger partial charge is 0.486 e. The maximum Gasteiger partial charge on any atom is 0.228 e. The number of rotatable bonds is 7. The zero-order valence-electron chi connectivity index (χ0n) is 20.2. The number of hydrogen-bond acceptors (Lipinski definition) is 6. The first-order chi connectivity index (χ1) is 16.6. The molecule has 0 radical (unpaired) electrons. The molecule has 0 saturated carbocycles. The van der Waals surface area contributed by atoms with Gasteiger partial charge in [-0.05, 0) is 56.8 Å². The van der Waals surface area contributed by atoms with Crippen LogP contribution in [-0.4, -0.2) is 87.3 Å². The molecule has 1 aromatic carbocycles. The SMILES string of the molecule is COCCN(C[C@@H]1CCCN2CCCC[C@H]12)C(=O)[C@H]1CC(=O)N(c2ccc3c(c2)OCCO3)C1. The Balaban J connectivity index is 1.27. The normalized spacial score (nSPS) is 26.9. The molecule has 0 unspecified atom stereocenters. The lowest BCUT2D eigenvalue weighted by Gasteiger charge is -2.46. The number of carbonyl (C=O) groups excluding carboxylic acids is 2. The van der Waals surface area contributed by atoms with Gasteiger partial charge in [0.2, 0.25) is 11.8 Å². The van der Waals surface area contributed by atoms with Crippen LogP contribution in [0.3, 0.4) is 0 Å². The first-order valence-corrected chi connectivity index (χ1v) is 12.9. The molecule has 0 aliphatic carbocycles. The van der Waals surface area contributed by atoms with Crippen molar-refractivity contribution in [2.75, 3.05) is 64.6 Å². The van der Waals surface area contributed by atoms with Crippen LogP contribution in [0, 0.1) is 11.8 Å². The Kier molecular flexibility index (Phi) is 7.25. The molecular weight excluding hydrogens is 434 g/mol. The summed E-state index contributed by atoms with van der Waals surface area (Å²) in [7, 11) is 1.68. The van der Waals surface area contributed by atoms with Gasteiger partial charge in [-0.3, -0.25) is 9.59 Å². The molecule has 34 heavy (non-hydrogen) atoms. The highest BCUT2D eigenvalue weighted by Crippen LogP contribution is 2.37. The summed E-state index contributed by atoms with van der Waals surface area (Å²) in [4.78, 5) is 32.9. The summed E-state index contributed by atoms with van der Waals surface area (Å²) in [5.41, 5.74) is 0.762. The minimum Gasteiger partial charge on any atom is -0.486 e. The van der Waals surface area contributed by atoms with Crippen molar-refractivity contribution in [1.82, 2.24) is 9.80 Å². The number of benzene rings is 1. The minimum absolute atomic E-state index is 0.0159.